The molecular weight excluding hydrogens is 240 g/mol. The van der Waals surface area contributed by atoms with E-state index in [1.807, 2.05) is 0 Å². The maximum absolute atomic E-state index is 8.61. The van der Waals surface area contributed by atoms with E-state index in [1.165, 1.54) is 70.6 Å². The van der Waals surface area contributed by atoms with Gasteiger partial charge in [0.25, 0.3) is 0 Å². The summed E-state index contributed by atoms with van der Waals surface area (Å²) in [4.78, 5) is 0. The van der Waals surface area contributed by atoms with E-state index < -0.39 is 0 Å². The van der Waals surface area contributed by atoms with Crippen LogP contribution in [0.2, 0.25) is 0 Å². The van der Waals surface area contributed by atoms with E-state index in [2.05, 4.69) is 6.92 Å². The molecule has 0 aromatic rings. The van der Waals surface area contributed by atoms with Crippen LogP contribution < -0.4 is 0 Å². The Balaban J connectivity index is 0. The Morgan fingerprint density at radius 1 is 0.421 bits per heavy atom. The standard InChI is InChI=1S/C14H30O.C2H6O2/c1-2-3-4-5-6-7-8-9-10-11-12-13-14-15;3-1-2-4/h15H,2-14H2,1H3;3-4H,1-2H2. The molecule has 0 rings (SSSR count). The zero-order valence-electron chi connectivity index (χ0n) is 12.9. The van der Waals surface area contributed by atoms with Crippen molar-refractivity contribution >= 4 is 0 Å². The van der Waals surface area contributed by atoms with Gasteiger partial charge in [0, 0.05) is 6.61 Å². The number of unbranched alkanes of at least 4 members (excludes halogenated alkanes) is 11. The molecule has 0 fully saturated rings. The Hall–Kier alpha value is -0.120. The van der Waals surface area contributed by atoms with Crippen LogP contribution in [0.1, 0.15) is 84.0 Å². The lowest BCUT2D eigenvalue weighted by molar-refractivity contribution is 0.186. The molecule has 0 unspecified atom stereocenters. The molecule has 0 amide bonds. The molecule has 0 spiro atoms. The second kappa shape index (κ2) is 23.0. The Bertz CT molecular complexity index is 115. The van der Waals surface area contributed by atoms with Crippen molar-refractivity contribution in [3.63, 3.8) is 0 Å². The van der Waals surface area contributed by atoms with Gasteiger partial charge in [-0.15, -0.1) is 0 Å². The van der Waals surface area contributed by atoms with Crippen molar-refractivity contribution in [1.29, 1.82) is 0 Å². The summed E-state index contributed by atoms with van der Waals surface area (Å²) >= 11 is 0. The lowest BCUT2D eigenvalue weighted by Crippen LogP contribution is -1.85. The van der Waals surface area contributed by atoms with Gasteiger partial charge < -0.3 is 15.3 Å². The van der Waals surface area contributed by atoms with E-state index in [1.54, 1.807) is 0 Å². The highest BCUT2D eigenvalue weighted by molar-refractivity contribution is 4.47. The predicted molar refractivity (Wildman–Crippen MR) is 82.3 cm³/mol. The van der Waals surface area contributed by atoms with Crippen LogP contribution in [0.3, 0.4) is 0 Å². The zero-order chi connectivity index (χ0) is 14.6. The summed E-state index contributed by atoms with van der Waals surface area (Å²) in [6.45, 7) is 2.39. The van der Waals surface area contributed by atoms with E-state index in [-0.39, 0.29) is 13.2 Å². The van der Waals surface area contributed by atoms with Crippen LogP contribution in [0, 0.1) is 0 Å². The van der Waals surface area contributed by atoms with Crippen LogP contribution in [-0.2, 0) is 0 Å². The molecule has 19 heavy (non-hydrogen) atoms. The van der Waals surface area contributed by atoms with Crippen LogP contribution in [0.25, 0.3) is 0 Å². The Labute approximate surface area is 120 Å². The summed E-state index contributed by atoms with van der Waals surface area (Å²) < 4.78 is 0. The molecule has 0 aliphatic carbocycles. The summed E-state index contributed by atoms with van der Waals surface area (Å²) in [5.74, 6) is 0. The van der Waals surface area contributed by atoms with E-state index >= 15 is 0 Å². The van der Waals surface area contributed by atoms with Crippen LogP contribution in [0.5, 0.6) is 0 Å². The van der Waals surface area contributed by atoms with E-state index in [0.717, 1.165) is 6.42 Å². The highest BCUT2D eigenvalue weighted by atomic mass is 16.3. The van der Waals surface area contributed by atoms with Gasteiger partial charge in [-0.25, -0.2) is 0 Å². The van der Waals surface area contributed by atoms with Gasteiger partial charge in [0.05, 0.1) is 13.2 Å². The van der Waals surface area contributed by atoms with Crippen molar-refractivity contribution in [2.75, 3.05) is 19.8 Å². The highest BCUT2D eigenvalue weighted by Gasteiger charge is 1.92. The lowest BCUT2D eigenvalue weighted by atomic mass is 10.1. The zero-order valence-corrected chi connectivity index (χ0v) is 12.9. The monoisotopic (exact) mass is 276 g/mol. The van der Waals surface area contributed by atoms with Gasteiger partial charge in [0.15, 0.2) is 0 Å². The molecule has 3 heteroatoms. The molecule has 3 N–H and O–H groups in total. The smallest absolute Gasteiger partial charge is 0.0662 e. The third-order valence-corrected chi connectivity index (χ3v) is 3.11. The predicted octanol–water partition coefficient (Wildman–Crippen LogP) is 3.65. The first-order valence-electron chi connectivity index (χ1n) is 8.16. The molecule has 0 aliphatic rings. The van der Waals surface area contributed by atoms with Gasteiger partial charge in [-0.1, -0.05) is 77.6 Å². The van der Waals surface area contributed by atoms with Crippen LogP contribution >= 0.6 is 0 Å². The Morgan fingerprint density at radius 2 is 0.737 bits per heavy atom. The summed E-state index contributed by atoms with van der Waals surface area (Å²) in [6, 6.07) is 0. The van der Waals surface area contributed by atoms with Crippen LogP contribution in [0.15, 0.2) is 0 Å². The largest absolute Gasteiger partial charge is 0.396 e. The molecule has 0 atom stereocenters. The van der Waals surface area contributed by atoms with E-state index in [0.29, 0.717) is 6.61 Å². The molecule has 3 nitrogen and oxygen atoms in total. The molecule has 118 valence electrons. The third-order valence-electron chi connectivity index (χ3n) is 3.11. The number of aliphatic hydroxyl groups is 3. The van der Waals surface area contributed by atoms with Crippen LogP contribution in [0.4, 0.5) is 0 Å². The van der Waals surface area contributed by atoms with Crippen LogP contribution in [-0.4, -0.2) is 35.1 Å². The molecule has 0 heterocycles. The van der Waals surface area contributed by atoms with Gasteiger partial charge in [0.2, 0.25) is 0 Å². The molecular formula is C16H36O3. The summed E-state index contributed by atoms with van der Waals surface area (Å²) in [5.41, 5.74) is 0. The van der Waals surface area contributed by atoms with Crippen molar-refractivity contribution < 1.29 is 15.3 Å². The third kappa shape index (κ3) is 27.2. The average molecular weight is 276 g/mol. The quantitative estimate of drug-likeness (QED) is 0.450. The minimum atomic E-state index is -0.125. The first kappa shape index (κ1) is 21.2. The molecule has 0 radical (unpaired) electrons. The van der Waals surface area contributed by atoms with Crippen molar-refractivity contribution in [2.24, 2.45) is 0 Å². The number of hydrogen-bond acceptors (Lipinski definition) is 3. The topological polar surface area (TPSA) is 60.7 Å². The minimum absolute atomic E-state index is 0.125. The molecule has 0 bridgehead atoms. The molecule has 0 saturated carbocycles. The minimum Gasteiger partial charge on any atom is -0.396 e. The van der Waals surface area contributed by atoms with Gasteiger partial charge >= 0.3 is 0 Å². The number of rotatable bonds is 13. The summed E-state index contributed by atoms with van der Waals surface area (Å²) in [7, 11) is 0. The van der Waals surface area contributed by atoms with Crippen molar-refractivity contribution in [2.45, 2.75) is 84.0 Å². The van der Waals surface area contributed by atoms with E-state index in [9.17, 15) is 0 Å². The second-order valence-electron chi connectivity index (χ2n) is 5.06. The fourth-order valence-corrected chi connectivity index (χ4v) is 1.95. The average Bonchev–Trinajstić information content (AvgIpc) is 2.45. The molecule has 0 aliphatic heterocycles. The normalized spacial score (nSPS) is 10.1. The number of hydrogen-bond donors (Lipinski definition) is 3. The van der Waals surface area contributed by atoms with Gasteiger partial charge in [-0.3, -0.25) is 0 Å². The summed E-state index contributed by atoms with van der Waals surface area (Å²) in [5, 5.41) is 23.9. The first-order chi connectivity index (χ1) is 9.33. The molecule has 0 saturated heterocycles. The van der Waals surface area contributed by atoms with Gasteiger partial charge in [-0.2, -0.15) is 0 Å². The molecule has 0 aromatic heterocycles. The second-order valence-corrected chi connectivity index (χ2v) is 5.06. The fraction of sp³-hybridized carbons (Fsp3) is 1.00. The number of aliphatic hydroxyl groups excluding tert-OH is 3. The Morgan fingerprint density at radius 3 is 1.00 bits per heavy atom. The highest BCUT2D eigenvalue weighted by Crippen LogP contribution is 2.11. The molecule has 0 aromatic carbocycles. The van der Waals surface area contributed by atoms with Gasteiger partial charge in [-0.05, 0) is 6.42 Å². The SMILES string of the molecule is CCCCCCCCCCCCCCO.OCCO. The van der Waals surface area contributed by atoms with Crippen molar-refractivity contribution in [3.8, 4) is 0 Å². The maximum Gasteiger partial charge on any atom is 0.0662 e. The first-order valence-corrected chi connectivity index (χ1v) is 8.16. The fourth-order valence-electron chi connectivity index (χ4n) is 1.95. The van der Waals surface area contributed by atoms with Crippen molar-refractivity contribution in [3.05, 3.63) is 0 Å². The van der Waals surface area contributed by atoms with Gasteiger partial charge in [0.1, 0.15) is 0 Å². The summed E-state index contributed by atoms with van der Waals surface area (Å²) in [6.07, 6.45) is 16.2. The van der Waals surface area contributed by atoms with E-state index in [4.69, 9.17) is 15.3 Å². The Kier molecular flexibility index (Phi) is 25.7. The maximum atomic E-state index is 8.61. The lowest BCUT2D eigenvalue weighted by Gasteiger charge is -2.01. The van der Waals surface area contributed by atoms with Crippen molar-refractivity contribution in [1.82, 2.24) is 0 Å².